The van der Waals surface area contributed by atoms with Crippen molar-refractivity contribution < 1.29 is 5.11 Å². The van der Waals surface area contributed by atoms with Gasteiger partial charge in [0.05, 0.1) is 5.60 Å². The van der Waals surface area contributed by atoms with Gasteiger partial charge in [-0.15, -0.1) is 11.6 Å². The number of hydrogen-bond acceptors (Lipinski definition) is 2. The van der Waals surface area contributed by atoms with Gasteiger partial charge in [-0.25, -0.2) is 0 Å². The van der Waals surface area contributed by atoms with Crippen LogP contribution in [-0.2, 0) is 0 Å². The topological polar surface area (TPSA) is 20.2 Å². The van der Waals surface area contributed by atoms with E-state index in [1.165, 1.54) is 6.42 Å². The molecule has 1 saturated heterocycles. The Hall–Kier alpha value is 0.600. The van der Waals surface area contributed by atoms with Gasteiger partial charge in [0.25, 0.3) is 0 Å². The average molecular weight is 235 g/mol. The molecule has 5 unspecified atom stereocenters. The fourth-order valence-corrected chi connectivity index (χ4v) is 5.20. The van der Waals surface area contributed by atoms with Gasteiger partial charge in [0.1, 0.15) is 0 Å². The zero-order valence-electron chi connectivity index (χ0n) is 8.87. The third kappa shape index (κ3) is 2.07. The summed E-state index contributed by atoms with van der Waals surface area (Å²) in [6.45, 7) is 4.22. The van der Waals surface area contributed by atoms with Crippen LogP contribution in [0.15, 0.2) is 0 Å². The molecule has 2 fully saturated rings. The van der Waals surface area contributed by atoms with E-state index < -0.39 is 5.60 Å². The van der Waals surface area contributed by atoms with Gasteiger partial charge in [0.2, 0.25) is 0 Å². The van der Waals surface area contributed by atoms with E-state index in [4.69, 9.17) is 11.6 Å². The van der Waals surface area contributed by atoms with Crippen LogP contribution in [0.5, 0.6) is 0 Å². The highest BCUT2D eigenvalue weighted by molar-refractivity contribution is 8.00. The van der Waals surface area contributed by atoms with Gasteiger partial charge >= 0.3 is 0 Å². The molecule has 1 saturated carbocycles. The summed E-state index contributed by atoms with van der Waals surface area (Å²) in [4.78, 5) is 0. The van der Waals surface area contributed by atoms with E-state index in [1.807, 2.05) is 6.92 Å². The number of aliphatic hydroxyl groups is 1. The lowest BCUT2D eigenvalue weighted by Crippen LogP contribution is -2.49. The first kappa shape index (κ1) is 11.1. The molecule has 5 atom stereocenters. The Bertz CT molecular complexity index is 219. The zero-order chi connectivity index (χ0) is 10.3. The number of alkyl halides is 1. The van der Waals surface area contributed by atoms with Crippen LogP contribution in [0.4, 0.5) is 0 Å². The Morgan fingerprint density at radius 1 is 1.43 bits per heavy atom. The van der Waals surface area contributed by atoms with E-state index in [0.29, 0.717) is 16.4 Å². The number of thioether (sulfide) groups is 1. The summed E-state index contributed by atoms with van der Waals surface area (Å²) in [6, 6.07) is 0. The van der Waals surface area contributed by atoms with Crippen molar-refractivity contribution in [1.29, 1.82) is 0 Å². The van der Waals surface area contributed by atoms with Crippen LogP contribution in [0.3, 0.4) is 0 Å². The Morgan fingerprint density at radius 2 is 2.14 bits per heavy atom. The van der Waals surface area contributed by atoms with Gasteiger partial charge in [0.15, 0.2) is 0 Å². The second-order valence-corrected chi connectivity index (χ2v) is 7.36. The summed E-state index contributed by atoms with van der Waals surface area (Å²) in [5.41, 5.74) is -0.483. The van der Waals surface area contributed by atoms with E-state index in [2.05, 4.69) is 18.7 Å². The molecule has 14 heavy (non-hydrogen) atoms. The monoisotopic (exact) mass is 234 g/mol. The number of fused-ring (bicyclic) bond motifs is 1. The Labute approximate surface area is 95.6 Å². The Kier molecular flexibility index (Phi) is 3.07. The summed E-state index contributed by atoms with van der Waals surface area (Å²) >= 11 is 8.24. The van der Waals surface area contributed by atoms with Gasteiger partial charge < -0.3 is 5.11 Å². The molecule has 82 valence electrons. The molecule has 0 aromatic carbocycles. The predicted molar refractivity (Wildman–Crippen MR) is 63.1 cm³/mol. The molecule has 1 aliphatic carbocycles. The molecular weight excluding hydrogens is 216 g/mol. The second-order valence-electron chi connectivity index (χ2n) is 5.06. The third-order valence-corrected chi connectivity index (χ3v) is 5.57. The highest BCUT2D eigenvalue weighted by atomic mass is 35.5. The molecule has 0 aromatic heterocycles. The largest absolute Gasteiger partial charge is 0.390 e. The van der Waals surface area contributed by atoms with Crippen LogP contribution >= 0.6 is 23.4 Å². The van der Waals surface area contributed by atoms with E-state index in [0.717, 1.165) is 19.3 Å². The maximum Gasteiger partial charge on any atom is 0.0669 e. The summed E-state index contributed by atoms with van der Waals surface area (Å²) < 4.78 is 0. The minimum atomic E-state index is -0.483. The molecule has 0 spiro atoms. The highest BCUT2D eigenvalue weighted by Gasteiger charge is 2.46. The molecular formula is C11H19ClOS. The molecule has 2 aliphatic rings. The lowest BCUT2D eigenvalue weighted by molar-refractivity contribution is -0.0244. The van der Waals surface area contributed by atoms with Crippen LogP contribution in [0.2, 0.25) is 0 Å². The van der Waals surface area contributed by atoms with E-state index in [9.17, 15) is 5.11 Å². The minimum absolute atomic E-state index is 0.289. The molecule has 1 N–H and O–H groups in total. The van der Waals surface area contributed by atoms with Crippen LogP contribution in [0.1, 0.15) is 39.5 Å². The number of halogens is 1. The zero-order valence-corrected chi connectivity index (χ0v) is 10.4. The van der Waals surface area contributed by atoms with Gasteiger partial charge in [0, 0.05) is 21.8 Å². The van der Waals surface area contributed by atoms with Gasteiger partial charge in [-0.1, -0.05) is 6.92 Å². The fraction of sp³-hybridized carbons (Fsp3) is 1.00. The fourth-order valence-electron chi connectivity index (χ4n) is 2.99. The van der Waals surface area contributed by atoms with Gasteiger partial charge in [-0.3, -0.25) is 0 Å². The van der Waals surface area contributed by atoms with Crippen molar-refractivity contribution in [2.75, 3.05) is 0 Å². The molecule has 2 rings (SSSR count). The van der Waals surface area contributed by atoms with Crippen molar-refractivity contribution in [2.24, 2.45) is 5.92 Å². The SMILES string of the molecule is CC1CC(C)(O)C2CC(Cl)CCC2S1. The first-order valence-corrected chi connectivity index (χ1v) is 6.89. The highest BCUT2D eigenvalue weighted by Crippen LogP contribution is 2.49. The van der Waals surface area contributed by atoms with Crippen molar-refractivity contribution in [2.45, 2.75) is 61.0 Å². The van der Waals surface area contributed by atoms with Crippen molar-refractivity contribution in [3.8, 4) is 0 Å². The Morgan fingerprint density at radius 3 is 2.86 bits per heavy atom. The van der Waals surface area contributed by atoms with Crippen molar-refractivity contribution >= 4 is 23.4 Å². The smallest absolute Gasteiger partial charge is 0.0669 e. The molecule has 3 heteroatoms. The molecule has 0 aromatic rings. The van der Waals surface area contributed by atoms with E-state index >= 15 is 0 Å². The maximum absolute atomic E-state index is 10.4. The van der Waals surface area contributed by atoms with Crippen molar-refractivity contribution in [3.63, 3.8) is 0 Å². The van der Waals surface area contributed by atoms with E-state index in [-0.39, 0.29) is 5.38 Å². The summed E-state index contributed by atoms with van der Waals surface area (Å²) in [5, 5.41) is 11.9. The predicted octanol–water partition coefficient (Wildman–Crippen LogP) is 3.04. The lowest BCUT2D eigenvalue weighted by Gasteiger charge is -2.48. The summed E-state index contributed by atoms with van der Waals surface area (Å²) in [6.07, 6.45) is 4.23. The summed E-state index contributed by atoms with van der Waals surface area (Å²) in [7, 11) is 0. The molecule has 1 aliphatic heterocycles. The van der Waals surface area contributed by atoms with Crippen LogP contribution < -0.4 is 0 Å². The van der Waals surface area contributed by atoms with Crippen LogP contribution in [-0.4, -0.2) is 26.6 Å². The molecule has 1 nitrogen and oxygen atoms in total. The van der Waals surface area contributed by atoms with Crippen LogP contribution in [0, 0.1) is 5.92 Å². The average Bonchev–Trinajstić information content (AvgIpc) is 2.05. The first-order valence-electron chi connectivity index (χ1n) is 5.51. The quantitative estimate of drug-likeness (QED) is 0.651. The van der Waals surface area contributed by atoms with E-state index in [1.54, 1.807) is 0 Å². The lowest BCUT2D eigenvalue weighted by atomic mass is 9.75. The maximum atomic E-state index is 10.4. The second kappa shape index (κ2) is 3.88. The normalized spacial score (nSPS) is 54.0. The minimum Gasteiger partial charge on any atom is -0.390 e. The first-order chi connectivity index (χ1) is 6.49. The van der Waals surface area contributed by atoms with Gasteiger partial charge in [-0.05, 0) is 32.6 Å². The van der Waals surface area contributed by atoms with Crippen molar-refractivity contribution in [3.05, 3.63) is 0 Å². The standard InChI is InChI=1S/C11H19ClOS/c1-7-6-11(2,13)9-5-8(12)3-4-10(9)14-7/h7-10,13H,3-6H2,1-2H3. The van der Waals surface area contributed by atoms with Gasteiger partial charge in [-0.2, -0.15) is 11.8 Å². The molecule has 0 amide bonds. The summed E-state index contributed by atoms with van der Waals surface area (Å²) in [5.74, 6) is 0.417. The number of hydrogen-bond donors (Lipinski definition) is 1. The van der Waals surface area contributed by atoms with Crippen LogP contribution in [0.25, 0.3) is 0 Å². The number of rotatable bonds is 0. The molecule has 1 heterocycles. The van der Waals surface area contributed by atoms with Crippen molar-refractivity contribution in [1.82, 2.24) is 0 Å². The molecule has 0 bridgehead atoms. The Balaban J connectivity index is 2.13. The molecule has 0 radical (unpaired) electrons. The third-order valence-electron chi connectivity index (χ3n) is 3.63.